The van der Waals surface area contributed by atoms with E-state index in [1.807, 2.05) is 29.2 Å². The Morgan fingerprint density at radius 2 is 1.88 bits per heavy atom. The molecule has 1 amide bonds. The lowest BCUT2D eigenvalue weighted by atomic mass is 10.0. The lowest BCUT2D eigenvalue weighted by Gasteiger charge is -2.25. The van der Waals surface area contributed by atoms with Crippen LogP contribution in [0, 0.1) is 11.8 Å². The number of carboxylic acid groups (broad SMARTS) is 1. The second-order valence-electron chi connectivity index (χ2n) is 9.06. The summed E-state index contributed by atoms with van der Waals surface area (Å²) in [5, 5.41) is 9.22. The standard InChI is InChI=1S/C26H32N2O4.H2O/c27-16-19-11-20-8-9-24(14-21(20)12-19)32-17-23-13-22(15-25(29)30)26(31)28(23)10-4-7-18-5-2-1-3-6-18;/h1-3,5-6,8-9,14,19,22-23H,4,7,10-13,15-17,27H2,(H,29,30);1H2/t19?,22-,23-;/m0./s1. The average molecular weight is 455 g/mol. The first-order valence-electron chi connectivity index (χ1n) is 11.5. The molecule has 0 saturated carbocycles. The Bertz CT molecular complexity index is 949. The number of nitrogens with zero attached hydrogens (tertiary/aromatic N) is 1. The van der Waals surface area contributed by atoms with Gasteiger partial charge in [-0.15, -0.1) is 0 Å². The Morgan fingerprint density at radius 1 is 1.12 bits per heavy atom. The van der Waals surface area contributed by atoms with Crippen LogP contribution >= 0.6 is 0 Å². The number of carboxylic acids is 1. The van der Waals surface area contributed by atoms with Crippen LogP contribution in [-0.2, 0) is 28.9 Å². The van der Waals surface area contributed by atoms with Crippen molar-refractivity contribution in [3.63, 3.8) is 0 Å². The van der Waals surface area contributed by atoms with Gasteiger partial charge in [0.05, 0.1) is 18.4 Å². The number of likely N-dealkylation sites (tertiary alicyclic amines) is 1. The zero-order chi connectivity index (χ0) is 22.5. The molecule has 178 valence electrons. The van der Waals surface area contributed by atoms with E-state index >= 15 is 0 Å². The number of benzene rings is 2. The number of carbonyl (C=O) groups excluding carboxylic acids is 1. The molecule has 2 aromatic carbocycles. The van der Waals surface area contributed by atoms with Crippen molar-refractivity contribution < 1.29 is 24.9 Å². The third-order valence-corrected chi connectivity index (χ3v) is 6.73. The quantitative estimate of drug-likeness (QED) is 0.570. The predicted octanol–water partition coefficient (Wildman–Crippen LogP) is 2.24. The van der Waals surface area contributed by atoms with Crippen LogP contribution < -0.4 is 10.5 Å². The van der Waals surface area contributed by atoms with Crippen LogP contribution in [0.15, 0.2) is 48.5 Å². The largest absolute Gasteiger partial charge is 0.491 e. The highest BCUT2D eigenvalue weighted by molar-refractivity contribution is 5.85. The lowest BCUT2D eigenvalue weighted by Crippen LogP contribution is -2.38. The topological polar surface area (TPSA) is 124 Å². The van der Waals surface area contributed by atoms with Gasteiger partial charge >= 0.3 is 5.97 Å². The van der Waals surface area contributed by atoms with Gasteiger partial charge in [-0.1, -0.05) is 36.4 Å². The lowest BCUT2D eigenvalue weighted by molar-refractivity contribution is -0.142. The van der Waals surface area contributed by atoms with Gasteiger partial charge in [-0.3, -0.25) is 9.59 Å². The zero-order valence-electron chi connectivity index (χ0n) is 18.9. The van der Waals surface area contributed by atoms with E-state index in [-0.39, 0.29) is 23.8 Å². The van der Waals surface area contributed by atoms with E-state index in [4.69, 9.17) is 10.5 Å². The van der Waals surface area contributed by atoms with Crippen molar-refractivity contribution in [2.45, 2.75) is 44.6 Å². The maximum atomic E-state index is 12.9. The first kappa shape index (κ1) is 24.7. The molecule has 2 aromatic rings. The van der Waals surface area contributed by atoms with Crippen molar-refractivity contribution in [2.75, 3.05) is 19.7 Å². The molecule has 0 spiro atoms. The van der Waals surface area contributed by atoms with E-state index in [1.54, 1.807) is 0 Å². The Balaban J connectivity index is 0.00000306. The summed E-state index contributed by atoms with van der Waals surface area (Å²) in [4.78, 5) is 26.0. The van der Waals surface area contributed by atoms with Crippen LogP contribution in [0.2, 0.25) is 0 Å². The Labute approximate surface area is 194 Å². The predicted molar refractivity (Wildman–Crippen MR) is 126 cm³/mol. The molecular weight excluding hydrogens is 420 g/mol. The molecule has 5 N–H and O–H groups in total. The maximum Gasteiger partial charge on any atom is 0.304 e. The summed E-state index contributed by atoms with van der Waals surface area (Å²) in [6.45, 7) is 1.69. The Hall–Kier alpha value is -2.90. The van der Waals surface area contributed by atoms with E-state index in [2.05, 4.69) is 24.3 Å². The number of carbonyl (C=O) groups is 2. The van der Waals surface area contributed by atoms with Crippen LogP contribution in [0.5, 0.6) is 5.75 Å². The van der Waals surface area contributed by atoms with Gasteiger partial charge in [0.2, 0.25) is 5.91 Å². The van der Waals surface area contributed by atoms with Gasteiger partial charge in [0.15, 0.2) is 0 Å². The third kappa shape index (κ3) is 6.12. The fraction of sp³-hybridized carbons (Fsp3) is 0.462. The van der Waals surface area contributed by atoms with Crippen molar-refractivity contribution in [3.8, 4) is 5.75 Å². The van der Waals surface area contributed by atoms with Crippen LogP contribution in [-0.4, -0.2) is 53.1 Å². The number of rotatable bonds is 10. The van der Waals surface area contributed by atoms with Crippen LogP contribution in [0.4, 0.5) is 0 Å². The highest BCUT2D eigenvalue weighted by atomic mass is 16.5. The number of aliphatic carboxylic acids is 1. The maximum absolute atomic E-state index is 12.9. The summed E-state index contributed by atoms with van der Waals surface area (Å²) in [7, 11) is 0. The summed E-state index contributed by atoms with van der Waals surface area (Å²) < 4.78 is 6.11. The van der Waals surface area contributed by atoms with Gasteiger partial charge in [-0.05, 0) is 73.4 Å². The molecule has 1 saturated heterocycles. The van der Waals surface area contributed by atoms with Gasteiger partial charge in [0.25, 0.3) is 0 Å². The molecule has 2 aliphatic rings. The number of ether oxygens (including phenoxy) is 1. The summed E-state index contributed by atoms with van der Waals surface area (Å²) in [6, 6.07) is 16.3. The minimum Gasteiger partial charge on any atom is -0.491 e. The van der Waals surface area contributed by atoms with E-state index in [9.17, 15) is 14.7 Å². The molecule has 1 heterocycles. The molecule has 4 rings (SSSR count). The third-order valence-electron chi connectivity index (χ3n) is 6.73. The van der Waals surface area contributed by atoms with E-state index in [0.29, 0.717) is 32.0 Å². The van der Waals surface area contributed by atoms with Crippen molar-refractivity contribution in [1.29, 1.82) is 0 Å². The number of amides is 1. The molecule has 7 nitrogen and oxygen atoms in total. The van der Waals surface area contributed by atoms with Gasteiger partial charge in [-0.2, -0.15) is 0 Å². The van der Waals surface area contributed by atoms with Gasteiger partial charge in [0.1, 0.15) is 12.4 Å². The Morgan fingerprint density at radius 3 is 2.61 bits per heavy atom. The minimum atomic E-state index is -0.928. The molecule has 0 bridgehead atoms. The van der Waals surface area contributed by atoms with Crippen molar-refractivity contribution >= 4 is 11.9 Å². The number of aryl methyl sites for hydroxylation is 1. The van der Waals surface area contributed by atoms with E-state index < -0.39 is 11.9 Å². The molecule has 1 fully saturated rings. The van der Waals surface area contributed by atoms with Crippen molar-refractivity contribution in [2.24, 2.45) is 17.6 Å². The first-order chi connectivity index (χ1) is 15.5. The fourth-order valence-electron chi connectivity index (χ4n) is 5.04. The summed E-state index contributed by atoms with van der Waals surface area (Å²) in [5.74, 6) is -0.149. The van der Waals surface area contributed by atoms with Crippen molar-refractivity contribution in [3.05, 3.63) is 65.2 Å². The number of hydrogen-bond acceptors (Lipinski definition) is 4. The molecule has 7 heteroatoms. The second-order valence-corrected chi connectivity index (χ2v) is 9.06. The highest BCUT2D eigenvalue weighted by Crippen LogP contribution is 2.31. The van der Waals surface area contributed by atoms with Crippen LogP contribution in [0.25, 0.3) is 0 Å². The normalized spacial score (nSPS) is 21.5. The summed E-state index contributed by atoms with van der Waals surface area (Å²) in [5.41, 5.74) is 9.71. The average Bonchev–Trinajstić information content (AvgIpc) is 3.33. The summed E-state index contributed by atoms with van der Waals surface area (Å²) in [6.07, 6.45) is 4.13. The fourth-order valence-corrected chi connectivity index (χ4v) is 5.04. The van der Waals surface area contributed by atoms with Crippen LogP contribution in [0.1, 0.15) is 36.0 Å². The Kier molecular flexibility index (Phi) is 8.47. The van der Waals surface area contributed by atoms with E-state index in [1.165, 1.54) is 16.7 Å². The monoisotopic (exact) mass is 454 g/mol. The SMILES string of the molecule is NCC1Cc2ccc(OC[C@@H]3C[C@@H](CC(=O)O)C(=O)N3CCCc3ccccc3)cc2C1.O. The molecule has 1 unspecified atom stereocenters. The van der Waals surface area contributed by atoms with Crippen LogP contribution in [0.3, 0.4) is 0 Å². The number of hydrogen-bond donors (Lipinski definition) is 2. The molecule has 1 aliphatic heterocycles. The second kappa shape index (κ2) is 11.3. The smallest absolute Gasteiger partial charge is 0.304 e. The van der Waals surface area contributed by atoms with Gasteiger partial charge in [0, 0.05) is 6.54 Å². The highest BCUT2D eigenvalue weighted by Gasteiger charge is 2.40. The van der Waals surface area contributed by atoms with Gasteiger partial charge < -0.3 is 26.0 Å². The molecule has 33 heavy (non-hydrogen) atoms. The minimum absolute atomic E-state index is 0. The molecule has 3 atom stereocenters. The molecular formula is C26H34N2O5. The number of fused-ring (bicyclic) bond motifs is 1. The summed E-state index contributed by atoms with van der Waals surface area (Å²) >= 11 is 0. The van der Waals surface area contributed by atoms with Gasteiger partial charge in [-0.25, -0.2) is 0 Å². The molecule has 0 radical (unpaired) electrons. The van der Waals surface area contributed by atoms with E-state index in [0.717, 1.165) is 31.4 Å². The van der Waals surface area contributed by atoms with Crippen molar-refractivity contribution in [1.82, 2.24) is 4.90 Å². The first-order valence-corrected chi connectivity index (χ1v) is 11.5. The zero-order valence-corrected chi connectivity index (χ0v) is 18.9. The molecule has 0 aromatic heterocycles. The number of nitrogens with two attached hydrogens (primary N) is 1. The molecule has 1 aliphatic carbocycles.